The van der Waals surface area contributed by atoms with E-state index in [2.05, 4.69) is 10.0 Å². The van der Waals surface area contributed by atoms with Crippen LogP contribution in [0, 0.1) is 0 Å². The molecule has 0 aromatic heterocycles. The van der Waals surface area contributed by atoms with Crippen molar-refractivity contribution in [2.75, 3.05) is 22.9 Å². The molecule has 4 N–H and O–H groups in total. The third-order valence-corrected chi connectivity index (χ3v) is 4.68. The number of rotatable bonds is 8. The Bertz CT molecular complexity index is 663. The van der Waals surface area contributed by atoms with Gasteiger partial charge < -0.3 is 15.8 Å². The highest BCUT2D eigenvalue weighted by Crippen LogP contribution is 2.29. The molecule has 0 spiro atoms. The third-order valence-electron chi connectivity index (χ3n) is 3.39. The Balaban J connectivity index is 0.00000529. The van der Waals surface area contributed by atoms with Gasteiger partial charge in [0.05, 0.1) is 24.1 Å². The Morgan fingerprint density at radius 1 is 1.33 bits per heavy atom. The van der Waals surface area contributed by atoms with Crippen LogP contribution in [0.25, 0.3) is 0 Å². The number of nitrogens with two attached hydrogens (primary N) is 1. The van der Waals surface area contributed by atoms with E-state index < -0.39 is 15.6 Å². The maximum atomic E-state index is 12.2. The van der Waals surface area contributed by atoms with Crippen LogP contribution in [-0.2, 0) is 14.8 Å². The molecule has 0 saturated heterocycles. The number of methoxy groups -OCH3 is 1. The van der Waals surface area contributed by atoms with E-state index >= 15 is 0 Å². The summed E-state index contributed by atoms with van der Waals surface area (Å²) in [7, 11) is -1.98. The van der Waals surface area contributed by atoms with Crippen LogP contribution in [0.1, 0.15) is 33.6 Å². The molecule has 9 heteroatoms. The Hall–Kier alpha value is -1.51. The van der Waals surface area contributed by atoms with Crippen molar-refractivity contribution in [1.29, 1.82) is 0 Å². The summed E-state index contributed by atoms with van der Waals surface area (Å²) >= 11 is 0. The number of hydrogen-bond acceptors (Lipinski definition) is 5. The van der Waals surface area contributed by atoms with E-state index in [-0.39, 0.29) is 24.1 Å². The van der Waals surface area contributed by atoms with E-state index in [1.165, 1.54) is 13.2 Å². The molecule has 0 aliphatic heterocycles. The van der Waals surface area contributed by atoms with Crippen LogP contribution in [0.2, 0.25) is 0 Å². The van der Waals surface area contributed by atoms with Gasteiger partial charge in [-0.15, -0.1) is 12.4 Å². The highest BCUT2D eigenvalue weighted by Gasteiger charge is 2.27. The summed E-state index contributed by atoms with van der Waals surface area (Å²) in [5.74, 6) is -0.0330. The van der Waals surface area contributed by atoms with Gasteiger partial charge in [0.1, 0.15) is 5.75 Å². The van der Waals surface area contributed by atoms with Gasteiger partial charge in [-0.05, 0) is 32.4 Å². The minimum Gasteiger partial charge on any atom is -0.494 e. The standard InChI is InChI=1S/C15H25N3O4S.ClH/c1-5-9-15(3,16)14(19)17-11-7-8-12(13(10-11)22-4)18-23(20,21)6-2;/h7-8,10,18H,5-6,9,16H2,1-4H3,(H,17,19);1H. The van der Waals surface area contributed by atoms with Crippen molar-refractivity contribution in [3.63, 3.8) is 0 Å². The smallest absolute Gasteiger partial charge is 0.244 e. The van der Waals surface area contributed by atoms with E-state index in [1.54, 1.807) is 26.0 Å². The minimum absolute atomic E-state index is 0. The molecule has 0 fully saturated rings. The predicted molar refractivity (Wildman–Crippen MR) is 99.5 cm³/mol. The monoisotopic (exact) mass is 379 g/mol. The van der Waals surface area contributed by atoms with Gasteiger partial charge in [-0.25, -0.2) is 8.42 Å². The van der Waals surface area contributed by atoms with Gasteiger partial charge in [0.15, 0.2) is 0 Å². The molecule has 0 bridgehead atoms. The lowest BCUT2D eigenvalue weighted by molar-refractivity contribution is -0.120. The molecular weight excluding hydrogens is 354 g/mol. The van der Waals surface area contributed by atoms with Gasteiger partial charge >= 0.3 is 0 Å². The molecule has 0 saturated carbocycles. The maximum absolute atomic E-state index is 12.2. The zero-order valence-corrected chi connectivity index (χ0v) is 16.0. The number of anilines is 2. The van der Waals surface area contributed by atoms with Crippen molar-refractivity contribution in [2.24, 2.45) is 5.73 Å². The van der Waals surface area contributed by atoms with E-state index in [0.717, 1.165) is 6.42 Å². The summed E-state index contributed by atoms with van der Waals surface area (Å²) in [6.07, 6.45) is 1.35. The summed E-state index contributed by atoms with van der Waals surface area (Å²) in [6, 6.07) is 4.68. The second-order valence-corrected chi connectivity index (χ2v) is 7.55. The summed E-state index contributed by atoms with van der Waals surface area (Å²) in [6.45, 7) is 5.17. The SMILES string of the molecule is CCCC(C)(N)C(=O)Nc1ccc(NS(=O)(=O)CC)c(OC)c1.Cl. The molecule has 138 valence electrons. The lowest BCUT2D eigenvalue weighted by atomic mass is 9.96. The van der Waals surface area contributed by atoms with E-state index in [1.807, 2.05) is 6.92 Å². The van der Waals surface area contributed by atoms with E-state index in [9.17, 15) is 13.2 Å². The van der Waals surface area contributed by atoms with E-state index in [4.69, 9.17) is 10.5 Å². The quantitative estimate of drug-likeness (QED) is 0.642. The number of carbonyl (C=O) groups excluding carboxylic acids is 1. The Kier molecular flexibility index (Phi) is 8.53. The average Bonchev–Trinajstić information content (AvgIpc) is 2.48. The van der Waals surface area contributed by atoms with Crippen LogP contribution >= 0.6 is 12.4 Å². The lowest BCUT2D eigenvalue weighted by Crippen LogP contribution is -2.48. The molecule has 7 nitrogen and oxygen atoms in total. The molecule has 1 unspecified atom stereocenters. The number of sulfonamides is 1. The first kappa shape index (κ1) is 22.5. The number of benzene rings is 1. The first-order valence-corrected chi connectivity index (χ1v) is 9.09. The fourth-order valence-electron chi connectivity index (χ4n) is 2.00. The van der Waals surface area contributed by atoms with Gasteiger partial charge in [0.2, 0.25) is 15.9 Å². The third kappa shape index (κ3) is 6.18. The molecule has 24 heavy (non-hydrogen) atoms. The Morgan fingerprint density at radius 3 is 2.46 bits per heavy atom. The fraction of sp³-hybridized carbons (Fsp3) is 0.533. The zero-order chi connectivity index (χ0) is 17.7. The zero-order valence-electron chi connectivity index (χ0n) is 14.4. The molecule has 1 rings (SSSR count). The maximum Gasteiger partial charge on any atom is 0.244 e. The Morgan fingerprint density at radius 2 is 1.96 bits per heavy atom. The molecule has 1 atom stereocenters. The molecule has 0 aliphatic rings. The number of nitrogens with one attached hydrogen (secondary N) is 2. The molecule has 1 aromatic rings. The van der Waals surface area contributed by atoms with Crippen molar-refractivity contribution >= 4 is 39.7 Å². The molecular formula is C15H26ClN3O4S. The lowest BCUT2D eigenvalue weighted by Gasteiger charge is -2.23. The number of halogens is 1. The second kappa shape index (κ2) is 9.10. The first-order chi connectivity index (χ1) is 10.6. The molecule has 1 aromatic carbocycles. The summed E-state index contributed by atoms with van der Waals surface area (Å²) < 4.78 is 30.9. The van der Waals surface area contributed by atoms with E-state index in [0.29, 0.717) is 23.5 Å². The first-order valence-electron chi connectivity index (χ1n) is 7.44. The Labute approximate surface area is 149 Å². The number of hydrogen-bond donors (Lipinski definition) is 3. The van der Waals surface area contributed by atoms with Crippen LogP contribution in [0.3, 0.4) is 0 Å². The predicted octanol–water partition coefficient (Wildman–Crippen LogP) is 2.33. The summed E-state index contributed by atoms with van der Waals surface area (Å²) in [5, 5.41) is 2.72. The van der Waals surface area contributed by atoms with Crippen LogP contribution in [0.5, 0.6) is 5.75 Å². The van der Waals surface area contributed by atoms with Crippen LogP contribution < -0.4 is 20.5 Å². The van der Waals surface area contributed by atoms with Crippen molar-refractivity contribution < 1.29 is 17.9 Å². The average molecular weight is 380 g/mol. The van der Waals surface area contributed by atoms with Crippen LogP contribution in [0.4, 0.5) is 11.4 Å². The van der Waals surface area contributed by atoms with Gasteiger partial charge in [-0.2, -0.15) is 0 Å². The van der Waals surface area contributed by atoms with Gasteiger partial charge in [-0.3, -0.25) is 9.52 Å². The van der Waals surface area contributed by atoms with Crippen LogP contribution in [-0.4, -0.2) is 32.7 Å². The largest absolute Gasteiger partial charge is 0.494 e. The summed E-state index contributed by atoms with van der Waals surface area (Å²) in [5.41, 5.74) is 5.82. The molecule has 1 amide bonds. The normalized spacial score (nSPS) is 13.4. The molecule has 0 heterocycles. The number of amides is 1. The number of ether oxygens (including phenoxy) is 1. The second-order valence-electron chi connectivity index (χ2n) is 5.54. The molecule has 0 radical (unpaired) electrons. The van der Waals surface area contributed by atoms with Gasteiger partial charge in [0.25, 0.3) is 0 Å². The van der Waals surface area contributed by atoms with Crippen molar-refractivity contribution in [3.8, 4) is 5.75 Å². The molecule has 0 aliphatic carbocycles. The summed E-state index contributed by atoms with van der Waals surface area (Å²) in [4.78, 5) is 12.2. The van der Waals surface area contributed by atoms with Crippen molar-refractivity contribution in [1.82, 2.24) is 0 Å². The van der Waals surface area contributed by atoms with Crippen molar-refractivity contribution in [3.05, 3.63) is 18.2 Å². The minimum atomic E-state index is -3.41. The topological polar surface area (TPSA) is 111 Å². The van der Waals surface area contributed by atoms with Gasteiger partial charge in [-0.1, -0.05) is 13.3 Å². The highest BCUT2D eigenvalue weighted by atomic mass is 35.5. The fourth-order valence-corrected chi connectivity index (χ4v) is 2.65. The van der Waals surface area contributed by atoms with Gasteiger partial charge in [0, 0.05) is 11.8 Å². The highest BCUT2D eigenvalue weighted by molar-refractivity contribution is 7.92. The van der Waals surface area contributed by atoms with Crippen LogP contribution in [0.15, 0.2) is 18.2 Å². The van der Waals surface area contributed by atoms with Crippen molar-refractivity contribution in [2.45, 2.75) is 39.2 Å². The number of carbonyl (C=O) groups is 1.